The van der Waals surface area contributed by atoms with Gasteiger partial charge in [0.1, 0.15) is 24.4 Å². The Morgan fingerprint density at radius 1 is 1.00 bits per heavy atom. The molecule has 0 radical (unpaired) electrons. The Labute approximate surface area is 155 Å². The lowest BCUT2D eigenvalue weighted by molar-refractivity contribution is -0.134. The Morgan fingerprint density at radius 3 is 2.48 bits per heavy atom. The maximum absolute atomic E-state index is 13.7. The van der Waals surface area contributed by atoms with Crippen molar-refractivity contribution in [3.05, 3.63) is 53.8 Å². The quantitative estimate of drug-likeness (QED) is 0.794. The molecule has 7 heteroatoms. The number of carbonyl (C=O) groups is 2. The Kier molecular flexibility index (Phi) is 4.43. The minimum absolute atomic E-state index is 0.0462. The first-order valence-corrected chi connectivity index (χ1v) is 8.81. The van der Waals surface area contributed by atoms with E-state index in [2.05, 4.69) is 10.6 Å². The molecule has 0 aromatic heterocycles. The van der Waals surface area contributed by atoms with Crippen LogP contribution < -0.4 is 20.1 Å². The molecule has 0 unspecified atom stereocenters. The Hall–Kier alpha value is -3.09. The first-order valence-electron chi connectivity index (χ1n) is 8.81. The summed E-state index contributed by atoms with van der Waals surface area (Å²) in [6.45, 7) is 0.987. The van der Waals surface area contributed by atoms with Gasteiger partial charge >= 0.3 is 0 Å². The number of ether oxygens (including phenoxy) is 2. The second-order valence-corrected chi connectivity index (χ2v) is 6.67. The van der Waals surface area contributed by atoms with Crippen molar-refractivity contribution in [2.24, 2.45) is 5.41 Å². The maximum atomic E-state index is 13.7. The molecule has 2 aliphatic rings. The van der Waals surface area contributed by atoms with Crippen LogP contribution in [0.4, 0.5) is 10.1 Å². The van der Waals surface area contributed by atoms with Gasteiger partial charge in [-0.1, -0.05) is 18.2 Å². The van der Waals surface area contributed by atoms with Crippen LogP contribution in [0.1, 0.15) is 18.4 Å². The molecular weight excluding hydrogens is 351 g/mol. The average Bonchev–Trinajstić information content (AvgIpc) is 3.49. The van der Waals surface area contributed by atoms with Crippen molar-refractivity contribution in [3.63, 3.8) is 0 Å². The van der Waals surface area contributed by atoms with E-state index in [4.69, 9.17) is 9.47 Å². The van der Waals surface area contributed by atoms with Crippen LogP contribution in [0.5, 0.6) is 11.5 Å². The smallest absolute Gasteiger partial charge is 0.240 e. The van der Waals surface area contributed by atoms with Gasteiger partial charge in [-0.15, -0.1) is 0 Å². The van der Waals surface area contributed by atoms with Crippen LogP contribution in [0.25, 0.3) is 0 Å². The van der Waals surface area contributed by atoms with Crippen LogP contribution in [0, 0.1) is 11.2 Å². The topological polar surface area (TPSA) is 76.7 Å². The summed E-state index contributed by atoms with van der Waals surface area (Å²) in [5.74, 6) is 0.0466. The number of hydrogen-bond acceptors (Lipinski definition) is 4. The molecule has 140 valence electrons. The molecule has 0 bridgehead atoms. The van der Waals surface area contributed by atoms with Crippen LogP contribution >= 0.6 is 0 Å². The number of amides is 2. The molecule has 6 nitrogen and oxygen atoms in total. The van der Waals surface area contributed by atoms with E-state index >= 15 is 0 Å². The SMILES string of the molecule is O=C(NCc1ccccc1F)C1(C(=O)Nc2ccc3c(c2)OCCO3)CC1. The van der Waals surface area contributed by atoms with Crippen molar-refractivity contribution in [2.45, 2.75) is 19.4 Å². The molecule has 0 saturated heterocycles. The third-order valence-corrected chi connectivity index (χ3v) is 4.82. The van der Waals surface area contributed by atoms with Gasteiger partial charge in [0.2, 0.25) is 11.8 Å². The minimum Gasteiger partial charge on any atom is -0.486 e. The molecule has 1 fully saturated rings. The Balaban J connectivity index is 1.40. The third-order valence-electron chi connectivity index (χ3n) is 4.82. The Morgan fingerprint density at radius 2 is 1.74 bits per heavy atom. The summed E-state index contributed by atoms with van der Waals surface area (Å²) >= 11 is 0. The largest absolute Gasteiger partial charge is 0.486 e. The fraction of sp³-hybridized carbons (Fsp3) is 0.300. The van der Waals surface area contributed by atoms with E-state index in [-0.39, 0.29) is 24.2 Å². The molecular formula is C20H19FN2O4. The predicted octanol–water partition coefficient (Wildman–Crippen LogP) is 2.63. The summed E-state index contributed by atoms with van der Waals surface area (Å²) in [7, 11) is 0. The first kappa shape index (κ1) is 17.3. The highest BCUT2D eigenvalue weighted by Crippen LogP contribution is 2.47. The summed E-state index contributed by atoms with van der Waals surface area (Å²) in [5, 5.41) is 5.45. The highest BCUT2D eigenvalue weighted by atomic mass is 19.1. The van der Waals surface area contributed by atoms with Gasteiger partial charge in [-0.05, 0) is 31.0 Å². The maximum Gasteiger partial charge on any atom is 0.240 e. The zero-order chi connectivity index (χ0) is 18.9. The lowest BCUT2D eigenvalue weighted by Crippen LogP contribution is -2.39. The number of benzene rings is 2. The number of carbonyl (C=O) groups excluding carboxylic acids is 2. The van der Waals surface area contributed by atoms with Crippen LogP contribution in [0.3, 0.4) is 0 Å². The van der Waals surface area contributed by atoms with Crippen LogP contribution in [-0.4, -0.2) is 25.0 Å². The van der Waals surface area contributed by atoms with Gasteiger partial charge in [0.05, 0.1) is 0 Å². The standard InChI is InChI=1S/C20H19FN2O4/c21-15-4-2-1-3-13(15)12-22-18(24)20(7-8-20)19(25)23-14-5-6-16-17(11-14)27-10-9-26-16/h1-6,11H,7-10,12H2,(H,22,24)(H,23,25). The van der Waals surface area contributed by atoms with Gasteiger partial charge in [-0.3, -0.25) is 9.59 Å². The van der Waals surface area contributed by atoms with E-state index in [1.54, 1.807) is 36.4 Å². The lowest BCUT2D eigenvalue weighted by Gasteiger charge is -2.20. The van der Waals surface area contributed by atoms with E-state index in [0.29, 0.717) is 48.8 Å². The molecule has 1 aliphatic carbocycles. The van der Waals surface area contributed by atoms with Gasteiger partial charge in [0.25, 0.3) is 0 Å². The van der Waals surface area contributed by atoms with Gasteiger partial charge in [0.15, 0.2) is 11.5 Å². The van der Waals surface area contributed by atoms with E-state index < -0.39 is 5.41 Å². The summed E-state index contributed by atoms with van der Waals surface area (Å²) in [5.41, 5.74) is -0.176. The van der Waals surface area contributed by atoms with E-state index in [1.807, 2.05) is 0 Å². The molecule has 0 atom stereocenters. The normalized spacial score (nSPS) is 16.3. The highest BCUT2D eigenvalue weighted by Gasteiger charge is 2.56. The zero-order valence-corrected chi connectivity index (χ0v) is 14.6. The Bertz CT molecular complexity index is 895. The molecule has 1 saturated carbocycles. The molecule has 0 spiro atoms. The fourth-order valence-electron chi connectivity index (χ4n) is 3.04. The number of fused-ring (bicyclic) bond motifs is 1. The van der Waals surface area contributed by atoms with Gasteiger partial charge < -0.3 is 20.1 Å². The molecule has 27 heavy (non-hydrogen) atoms. The minimum atomic E-state index is -1.10. The second-order valence-electron chi connectivity index (χ2n) is 6.67. The van der Waals surface area contributed by atoms with E-state index in [0.717, 1.165) is 0 Å². The van der Waals surface area contributed by atoms with Crippen molar-refractivity contribution >= 4 is 17.5 Å². The van der Waals surface area contributed by atoms with Crippen LogP contribution in [0.2, 0.25) is 0 Å². The zero-order valence-electron chi connectivity index (χ0n) is 14.6. The van der Waals surface area contributed by atoms with Crippen molar-refractivity contribution in [2.75, 3.05) is 18.5 Å². The summed E-state index contributed by atoms with van der Waals surface area (Å²) in [6, 6.07) is 11.3. The molecule has 1 heterocycles. The van der Waals surface area contributed by atoms with Gasteiger partial charge in [0, 0.05) is 23.9 Å². The van der Waals surface area contributed by atoms with Crippen molar-refractivity contribution in [1.29, 1.82) is 0 Å². The van der Waals surface area contributed by atoms with E-state index in [9.17, 15) is 14.0 Å². The van der Waals surface area contributed by atoms with Crippen LogP contribution in [0.15, 0.2) is 42.5 Å². The molecule has 2 amide bonds. The lowest BCUT2D eigenvalue weighted by atomic mass is 10.0. The number of halogens is 1. The molecule has 2 N–H and O–H groups in total. The number of anilines is 1. The summed E-state index contributed by atoms with van der Waals surface area (Å²) in [4.78, 5) is 25.2. The van der Waals surface area contributed by atoms with Crippen molar-refractivity contribution in [1.82, 2.24) is 5.32 Å². The van der Waals surface area contributed by atoms with Crippen molar-refractivity contribution in [3.8, 4) is 11.5 Å². The van der Waals surface area contributed by atoms with Gasteiger partial charge in [-0.2, -0.15) is 0 Å². The molecule has 2 aromatic rings. The van der Waals surface area contributed by atoms with Crippen molar-refractivity contribution < 1.29 is 23.5 Å². The monoisotopic (exact) mass is 370 g/mol. The third kappa shape index (κ3) is 3.45. The summed E-state index contributed by atoms with van der Waals surface area (Å²) < 4.78 is 24.6. The average molecular weight is 370 g/mol. The van der Waals surface area contributed by atoms with Gasteiger partial charge in [-0.25, -0.2) is 4.39 Å². The molecule has 1 aliphatic heterocycles. The number of rotatable bonds is 5. The first-order chi connectivity index (χ1) is 13.1. The highest BCUT2D eigenvalue weighted by molar-refractivity contribution is 6.13. The predicted molar refractivity (Wildman–Crippen MR) is 96.0 cm³/mol. The second kappa shape index (κ2) is 6.90. The van der Waals surface area contributed by atoms with E-state index in [1.165, 1.54) is 6.07 Å². The fourth-order valence-corrected chi connectivity index (χ4v) is 3.04. The molecule has 2 aromatic carbocycles. The molecule has 4 rings (SSSR count). The summed E-state index contributed by atoms with van der Waals surface area (Å²) in [6.07, 6.45) is 0.930. The van der Waals surface area contributed by atoms with Crippen LogP contribution in [-0.2, 0) is 16.1 Å². The number of nitrogens with one attached hydrogen (secondary N) is 2. The number of hydrogen-bond donors (Lipinski definition) is 2.